The van der Waals surface area contributed by atoms with E-state index in [1.54, 1.807) is 18.2 Å². The molecule has 8 heteroatoms. The van der Waals surface area contributed by atoms with Gasteiger partial charge < -0.3 is 10.6 Å². The maximum absolute atomic E-state index is 12.2. The molecule has 0 aliphatic carbocycles. The van der Waals surface area contributed by atoms with Crippen molar-refractivity contribution in [3.63, 3.8) is 0 Å². The number of nitrogens with one attached hydrogen (secondary N) is 2. The second-order valence-corrected chi connectivity index (χ2v) is 8.26. The first-order valence-corrected chi connectivity index (χ1v) is 10.7. The van der Waals surface area contributed by atoms with E-state index >= 15 is 0 Å². The SMILES string of the molecule is Cc1c(Cl)cccc1NC(=O)CNC(=O)CN1CCN(Cc2ccc(Cl)cc2)CC1. The van der Waals surface area contributed by atoms with Gasteiger partial charge in [0.15, 0.2) is 0 Å². The van der Waals surface area contributed by atoms with E-state index in [4.69, 9.17) is 23.2 Å². The van der Waals surface area contributed by atoms with E-state index in [0.29, 0.717) is 10.7 Å². The summed E-state index contributed by atoms with van der Waals surface area (Å²) >= 11 is 12.0. The zero-order valence-corrected chi connectivity index (χ0v) is 18.5. The summed E-state index contributed by atoms with van der Waals surface area (Å²) in [7, 11) is 0. The highest BCUT2D eigenvalue weighted by Crippen LogP contribution is 2.22. The Morgan fingerprint density at radius 2 is 1.60 bits per heavy atom. The Labute approximate surface area is 187 Å². The Balaban J connectivity index is 1.36. The van der Waals surface area contributed by atoms with Gasteiger partial charge in [0, 0.05) is 48.5 Å². The first-order chi connectivity index (χ1) is 14.4. The van der Waals surface area contributed by atoms with Gasteiger partial charge in [-0.3, -0.25) is 19.4 Å². The van der Waals surface area contributed by atoms with Crippen molar-refractivity contribution < 1.29 is 9.59 Å². The molecule has 6 nitrogen and oxygen atoms in total. The minimum atomic E-state index is -0.276. The summed E-state index contributed by atoms with van der Waals surface area (Å²) in [5.41, 5.74) is 2.68. The van der Waals surface area contributed by atoms with Gasteiger partial charge in [-0.25, -0.2) is 0 Å². The van der Waals surface area contributed by atoms with Crippen LogP contribution < -0.4 is 10.6 Å². The molecule has 2 aromatic carbocycles. The molecule has 3 rings (SSSR count). The van der Waals surface area contributed by atoms with Gasteiger partial charge >= 0.3 is 0 Å². The van der Waals surface area contributed by atoms with Crippen LogP contribution in [0.5, 0.6) is 0 Å². The summed E-state index contributed by atoms with van der Waals surface area (Å²) in [4.78, 5) is 28.8. The molecule has 1 aliphatic rings. The third-order valence-corrected chi connectivity index (χ3v) is 5.80. The number of hydrogen-bond acceptors (Lipinski definition) is 4. The van der Waals surface area contributed by atoms with Crippen molar-refractivity contribution in [2.45, 2.75) is 13.5 Å². The lowest BCUT2D eigenvalue weighted by molar-refractivity contribution is -0.125. The molecule has 30 heavy (non-hydrogen) atoms. The van der Waals surface area contributed by atoms with E-state index in [-0.39, 0.29) is 24.9 Å². The predicted molar refractivity (Wildman–Crippen MR) is 121 cm³/mol. The highest BCUT2D eigenvalue weighted by atomic mass is 35.5. The van der Waals surface area contributed by atoms with Gasteiger partial charge in [-0.05, 0) is 42.3 Å². The summed E-state index contributed by atoms with van der Waals surface area (Å²) in [6.07, 6.45) is 0. The van der Waals surface area contributed by atoms with Crippen LogP contribution in [0.1, 0.15) is 11.1 Å². The van der Waals surface area contributed by atoms with Crippen molar-refractivity contribution in [1.29, 1.82) is 0 Å². The van der Waals surface area contributed by atoms with E-state index in [1.165, 1.54) is 5.56 Å². The number of rotatable bonds is 7. The maximum Gasteiger partial charge on any atom is 0.243 e. The molecule has 0 unspecified atom stereocenters. The molecule has 0 aromatic heterocycles. The molecule has 0 radical (unpaired) electrons. The van der Waals surface area contributed by atoms with Crippen LogP contribution in [-0.4, -0.2) is 60.9 Å². The molecule has 0 spiro atoms. The second kappa shape index (κ2) is 10.8. The van der Waals surface area contributed by atoms with Gasteiger partial charge in [-0.1, -0.05) is 41.4 Å². The van der Waals surface area contributed by atoms with Crippen LogP contribution in [0.4, 0.5) is 5.69 Å². The van der Waals surface area contributed by atoms with Crippen LogP contribution in [0, 0.1) is 6.92 Å². The van der Waals surface area contributed by atoms with Crippen LogP contribution in [0.15, 0.2) is 42.5 Å². The van der Waals surface area contributed by atoms with Gasteiger partial charge in [-0.15, -0.1) is 0 Å². The van der Waals surface area contributed by atoms with Crippen LogP contribution >= 0.6 is 23.2 Å². The lowest BCUT2D eigenvalue weighted by Crippen LogP contribution is -2.49. The zero-order valence-electron chi connectivity index (χ0n) is 17.0. The quantitative estimate of drug-likeness (QED) is 0.682. The van der Waals surface area contributed by atoms with Crippen molar-refractivity contribution in [1.82, 2.24) is 15.1 Å². The Morgan fingerprint density at radius 3 is 2.30 bits per heavy atom. The van der Waals surface area contributed by atoms with Crippen LogP contribution in [0.2, 0.25) is 10.0 Å². The topological polar surface area (TPSA) is 64.7 Å². The number of halogens is 2. The summed E-state index contributed by atoms with van der Waals surface area (Å²) in [5.74, 6) is -0.430. The number of piperazine rings is 1. The standard InChI is InChI=1S/C22H26Cl2N4O2/c1-16-19(24)3-2-4-20(16)26-21(29)13-25-22(30)15-28-11-9-27(10-12-28)14-17-5-7-18(23)8-6-17/h2-8H,9-15H2,1H3,(H,25,30)(H,26,29). The normalized spacial score (nSPS) is 15.0. The molecule has 0 saturated carbocycles. The molecule has 160 valence electrons. The van der Waals surface area contributed by atoms with Crippen molar-refractivity contribution >= 4 is 40.7 Å². The first-order valence-electron chi connectivity index (χ1n) is 9.91. The highest BCUT2D eigenvalue weighted by molar-refractivity contribution is 6.31. The predicted octanol–water partition coefficient (Wildman–Crippen LogP) is 3.17. The molecule has 1 saturated heterocycles. The summed E-state index contributed by atoms with van der Waals surface area (Å²) in [5, 5.41) is 6.80. The largest absolute Gasteiger partial charge is 0.346 e. The third kappa shape index (κ3) is 6.71. The molecule has 0 bridgehead atoms. The van der Waals surface area contributed by atoms with Gasteiger partial charge in [0.2, 0.25) is 11.8 Å². The number of benzene rings is 2. The monoisotopic (exact) mass is 448 g/mol. The molecule has 1 fully saturated rings. The number of carbonyl (C=O) groups is 2. The Bertz CT molecular complexity index is 881. The second-order valence-electron chi connectivity index (χ2n) is 7.42. The van der Waals surface area contributed by atoms with E-state index in [9.17, 15) is 9.59 Å². The van der Waals surface area contributed by atoms with Crippen molar-refractivity contribution in [2.24, 2.45) is 0 Å². The van der Waals surface area contributed by atoms with E-state index in [2.05, 4.69) is 20.4 Å². The molecule has 2 N–H and O–H groups in total. The molecule has 0 atom stereocenters. The minimum Gasteiger partial charge on any atom is -0.346 e. The Hall–Kier alpha value is -2.12. The summed E-state index contributed by atoms with van der Waals surface area (Å²) in [6.45, 7) is 6.35. The van der Waals surface area contributed by atoms with Gasteiger partial charge in [0.25, 0.3) is 0 Å². The summed E-state index contributed by atoms with van der Waals surface area (Å²) < 4.78 is 0. The number of carbonyl (C=O) groups excluding carboxylic acids is 2. The van der Waals surface area contributed by atoms with Crippen LogP contribution in [0.3, 0.4) is 0 Å². The number of nitrogens with zero attached hydrogens (tertiary/aromatic N) is 2. The lowest BCUT2D eigenvalue weighted by Gasteiger charge is -2.34. The van der Waals surface area contributed by atoms with Crippen LogP contribution in [-0.2, 0) is 16.1 Å². The molecular formula is C22H26Cl2N4O2. The van der Waals surface area contributed by atoms with E-state index < -0.39 is 0 Å². The molecule has 2 amide bonds. The lowest BCUT2D eigenvalue weighted by atomic mass is 10.2. The van der Waals surface area contributed by atoms with Crippen molar-refractivity contribution in [3.05, 3.63) is 63.6 Å². The third-order valence-electron chi connectivity index (χ3n) is 5.14. The van der Waals surface area contributed by atoms with Gasteiger partial charge in [-0.2, -0.15) is 0 Å². The molecule has 2 aromatic rings. The zero-order chi connectivity index (χ0) is 21.5. The maximum atomic E-state index is 12.2. The molecular weight excluding hydrogens is 423 g/mol. The Morgan fingerprint density at radius 1 is 0.933 bits per heavy atom. The van der Waals surface area contributed by atoms with E-state index in [0.717, 1.165) is 43.3 Å². The number of amides is 2. The molecule has 1 aliphatic heterocycles. The number of hydrogen-bond donors (Lipinski definition) is 2. The summed E-state index contributed by atoms with van der Waals surface area (Å²) in [6, 6.07) is 13.2. The smallest absolute Gasteiger partial charge is 0.243 e. The fourth-order valence-corrected chi connectivity index (χ4v) is 3.63. The van der Waals surface area contributed by atoms with Gasteiger partial charge in [0.1, 0.15) is 0 Å². The van der Waals surface area contributed by atoms with Crippen LogP contribution in [0.25, 0.3) is 0 Å². The fraction of sp³-hybridized carbons (Fsp3) is 0.364. The van der Waals surface area contributed by atoms with Gasteiger partial charge in [0.05, 0.1) is 13.1 Å². The average molecular weight is 449 g/mol. The van der Waals surface area contributed by atoms with Crippen molar-refractivity contribution in [3.8, 4) is 0 Å². The Kier molecular flexibility index (Phi) is 8.10. The highest BCUT2D eigenvalue weighted by Gasteiger charge is 2.19. The fourth-order valence-electron chi connectivity index (χ4n) is 3.33. The first kappa shape index (κ1) is 22.6. The number of anilines is 1. The average Bonchev–Trinajstić information content (AvgIpc) is 2.73. The van der Waals surface area contributed by atoms with Crippen molar-refractivity contribution in [2.75, 3.05) is 44.6 Å². The molecule has 1 heterocycles. The minimum absolute atomic E-state index is 0.0681. The van der Waals surface area contributed by atoms with E-state index in [1.807, 2.05) is 31.2 Å².